The highest BCUT2D eigenvalue weighted by Gasteiger charge is 2.22. The molecule has 9 heteroatoms. The summed E-state index contributed by atoms with van der Waals surface area (Å²) in [7, 11) is 0. The molecule has 0 radical (unpaired) electrons. The van der Waals surface area contributed by atoms with Crippen molar-refractivity contribution < 1.29 is 13.9 Å². The minimum absolute atomic E-state index is 0.0143. The van der Waals surface area contributed by atoms with E-state index in [0.29, 0.717) is 33.5 Å². The van der Waals surface area contributed by atoms with Crippen LogP contribution in [0.2, 0.25) is 0 Å². The number of benzene rings is 1. The van der Waals surface area contributed by atoms with Gasteiger partial charge in [-0.1, -0.05) is 20.8 Å². The number of thiophene rings is 1. The zero-order chi connectivity index (χ0) is 23.6. The molecule has 2 aromatic heterocycles. The Morgan fingerprint density at radius 1 is 1.33 bits per heavy atom. The third-order valence-electron chi connectivity index (χ3n) is 5.45. The average molecular weight is 472 g/mol. The van der Waals surface area contributed by atoms with Crippen LogP contribution in [0.25, 0.3) is 10.2 Å². The molecule has 1 aromatic carbocycles. The highest BCUT2D eigenvalue weighted by Crippen LogP contribution is 2.37. The van der Waals surface area contributed by atoms with E-state index in [1.807, 2.05) is 6.92 Å². The molecule has 3 aromatic rings. The van der Waals surface area contributed by atoms with E-state index >= 15 is 0 Å². The summed E-state index contributed by atoms with van der Waals surface area (Å²) >= 11 is 1.34. The Hall–Kier alpha value is -2.78. The van der Waals surface area contributed by atoms with Gasteiger partial charge < -0.3 is 20.7 Å². The summed E-state index contributed by atoms with van der Waals surface area (Å²) in [5.74, 6) is 0.511. The van der Waals surface area contributed by atoms with E-state index in [2.05, 4.69) is 46.7 Å². The molecule has 0 spiro atoms. The molecule has 4 rings (SSSR count). The topological polar surface area (TPSA) is 88.2 Å². The molecule has 0 aliphatic carbocycles. The largest absolute Gasteiger partial charge is 0.487 e. The number of hydrogen-bond acceptors (Lipinski definition) is 7. The monoisotopic (exact) mass is 471 g/mol. The number of anilines is 2. The van der Waals surface area contributed by atoms with Gasteiger partial charge in [0.1, 0.15) is 34.6 Å². The van der Waals surface area contributed by atoms with Crippen LogP contribution in [0.15, 0.2) is 24.5 Å². The van der Waals surface area contributed by atoms with Gasteiger partial charge in [-0.25, -0.2) is 14.4 Å². The van der Waals surface area contributed by atoms with E-state index in [-0.39, 0.29) is 23.2 Å². The molecular weight excluding hydrogens is 441 g/mol. The number of ether oxygens (including phenoxy) is 1. The molecule has 7 nitrogen and oxygen atoms in total. The molecule has 176 valence electrons. The van der Waals surface area contributed by atoms with Crippen molar-refractivity contribution in [3.05, 3.63) is 40.8 Å². The summed E-state index contributed by atoms with van der Waals surface area (Å²) in [4.78, 5) is 23.0. The Bertz CT molecular complexity index is 1150. The van der Waals surface area contributed by atoms with Gasteiger partial charge in [0.25, 0.3) is 5.91 Å². The fraction of sp³-hybridized carbons (Fsp3) is 0.458. The van der Waals surface area contributed by atoms with Crippen LogP contribution in [0.5, 0.6) is 5.75 Å². The number of halogens is 1. The molecular formula is C24H30FN5O2S. The van der Waals surface area contributed by atoms with E-state index in [1.54, 1.807) is 6.07 Å². The highest BCUT2D eigenvalue weighted by atomic mass is 32.1. The van der Waals surface area contributed by atoms with Crippen LogP contribution < -0.4 is 20.7 Å². The third kappa shape index (κ3) is 5.59. The molecule has 0 saturated carbocycles. The maximum Gasteiger partial charge on any atom is 0.261 e. The maximum absolute atomic E-state index is 14.0. The molecule has 1 fully saturated rings. The number of aromatic nitrogens is 2. The van der Waals surface area contributed by atoms with Crippen molar-refractivity contribution in [2.24, 2.45) is 5.41 Å². The first-order chi connectivity index (χ1) is 15.7. The van der Waals surface area contributed by atoms with Gasteiger partial charge in [0, 0.05) is 19.2 Å². The molecule has 1 amide bonds. The Morgan fingerprint density at radius 2 is 2.15 bits per heavy atom. The van der Waals surface area contributed by atoms with Crippen LogP contribution in [0.1, 0.15) is 48.8 Å². The second-order valence-corrected chi connectivity index (χ2v) is 10.6. The van der Waals surface area contributed by atoms with Gasteiger partial charge in [-0.2, -0.15) is 0 Å². The number of amides is 1. The van der Waals surface area contributed by atoms with Gasteiger partial charge in [-0.15, -0.1) is 11.3 Å². The van der Waals surface area contributed by atoms with E-state index < -0.39 is 0 Å². The summed E-state index contributed by atoms with van der Waals surface area (Å²) in [6, 6.07) is 4.42. The molecule has 1 saturated heterocycles. The molecule has 33 heavy (non-hydrogen) atoms. The summed E-state index contributed by atoms with van der Waals surface area (Å²) in [5, 5.41) is 10.4. The number of nitrogens with one attached hydrogen (secondary N) is 3. The molecule has 3 N–H and O–H groups in total. The molecule has 1 aliphatic rings. The zero-order valence-corrected chi connectivity index (χ0v) is 20.2. The normalized spacial score (nSPS) is 16.6. The van der Waals surface area contributed by atoms with Gasteiger partial charge in [-0.05, 0) is 49.4 Å². The third-order valence-corrected chi connectivity index (χ3v) is 6.65. The second-order valence-electron chi connectivity index (χ2n) is 9.55. The highest BCUT2D eigenvalue weighted by molar-refractivity contribution is 7.20. The van der Waals surface area contributed by atoms with E-state index in [4.69, 9.17) is 4.74 Å². The predicted octanol–water partition coefficient (Wildman–Crippen LogP) is 4.79. The van der Waals surface area contributed by atoms with Crippen LogP contribution in [0.3, 0.4) is 0 Å². The second kappa shape index (κ2) is 9.61. The van der Waals surface area contributed by atoms with Crippen LogP contribution in [-0.4, -0.2) is 41.6 Å². The average Bonchev–Trinajstić information content (AvgIpc) is 3.12. The number of carbonyl (C=O) groups excluding carboxylic acids is 1. The lowest BCUT2D eigenvalue weighted by atomic mass is 9.97. The number of nitrogens with zero attached hydrogens (tertiary/aromatic N) is 2. The molecule has 1 aliphatic heterocycles. The Labute approximate surface area is 197 Å². The van der Waals surface area contributed by atoms with Crippen molar-refractivity contribution in [3.8, 4) is 5.75 Å². The molecule has 0 bridgehead atoms. The minimum atomic E-state index is -0.364. The summed E-state index contributed by atoms with van der Waals surface area (Å²) in [6.07, 6.45) is 3.38. The quantitative estimate of drug-likeness (QED) is 0.479. The van der Waals surface area contributed by atoms with E-state index in [0.717, 1.165) is 36.9 Å². The van der Waals surface area contributed by atoms with E-state index in [1.165, 1.54) is 29.8 Å². The van der Waals surface area contributed by atoms with Gasteiger partial charge in [0.05, 0.1) is 16.0 Å². The number of hydrogen-bond donors (Lipinski definition) is 3. The fourth-order valence-electron chi connectivity index (χ4n) is 3.73. The summed E-state index contributed by atoms with van der Waals surface area (Å²) in [5.41, 5.74) is 1.41. The molecule has 1 unspecified atom stereocenters. The Morgan fingerprint density at radius 3 is 2.88 bits per heavy atom. The SMILES string of the molecule is Cc1c(C(=O)NCC(C)(C)C)sc2ncnc(Nc3ccc(F)cc3OC3CCCNC3)c12. The smallest absolute Gasteiger partial charge is 0.261 e. The van der Waals surface area contributed by atoms with Crippen LogP contribution >= 0.6 is 11.3 Å². The number of fused-ring (bicyclic) bond motifs is 1. The first-order valence-corrected chi connectivity index (χ1v) is 12.0. The lowest BCUT2D eigenvalue weighted by Crippen LogP contribution is -2.37. The van der Waals surface area contributed by atoms with Gasteiger partial charge >= 0.3 is 0 Å². The fourth-order valence-corrected chi connectivity index (χ4v) is 4.80. The van der Waals surface area contributed by atoms with Gasteiger partial charge in [-0.3, -0.25) is 4.79 Å². The van der Waals surface area contributed by atoms with Crippen molar-refractivity contribution in [2.75, 3.05) is 25.0 Å². The van der Waals surface area contributed by atoms with Crippen LogP contribution in [0, 0.1) is 18.2 Å². The van der Waals surface area contributed by atoms with E-state index in [9.17, 15) is 9.18 Å². The zero-order valence-electron chi connectivity index (χ0n) is 19.4. The van der Waals surface area contributed by atoms with Crippen molar-refractivity contribution in [3.63, 3.8) is 0 Å². The number of aryl methyl sites for hydroxylation is 1. The summed E-state index contributed by atoms with van der Waals surface area (Å²) in [6.45, 7) is 10.4. The van der Waals surface area contributed by atoms with Crippen molar-refractivity contribution in [1.82, 2.24) is 20.6 Å². The van der Waals surface area contributed by atoms with Crippen molar-refractivity contribution in [1.29, 1.82) is 0 Å². The number of carbonyl (C=O) groups is 1. The molecule has 1 atom stereocenters. The summed E-state index contributed by atoms with van der Waals surface area (Å²) < 4.78 is 20.1. The van der Waals surface area contributed by atoms with Crippen LogP contribution in [0.4, 0.5) is 15.9 Å². The molecule has 3 heterocycles. The standard InChI is InChI=1S/C24H30FN5O2S/c1-14-19-21(28-13-29-23(19)33-20(14)22(31)27-12-24(2,3)4)30-17-8-7-15(25)10-18(17)32-16-6-5-9-26-11-16/h7-8,10,13,16,26H,5-6,9,11-12H2,1-4H3,(H,27,31)(H,28,29,30). The first kappa shape index (κ1) is 23.4. The van der Waals surface area contributed by atoms with Gasteiger partial charge in [0.15, 0.2) is 0 Å². The van der Waals surface area contributed by atoms with Crippen LogP contribution in [-0.2, 0) is 0 Å². The van der Waals surface area contributed by atoms with Gasteiger partial charge in [0.2, 0.25) is 0 Å². The Kier molecular flexibility index (Phi) is 6.81. The lowest BCUT2D eigenvalue weighted by Gasteiger charge is -2.25. The minimum Gasteiger partial charge on any atom is -0.487 e. The maximum atomic E-state index is 14.0. The van der Waals surface area contributed by atoms with Crippen molar-refractivity contribution >= 4 is 39.0 Å². The van der Waals surface area contributed by atoms with Crippen molar-refractivity contribution in [2.45, 2.75) is 46.6 Å². The lowest BCUT2D eigenvalue weighted by molar-refractivity contribution is 0.0943. The number of rotatable bonds is 6. The number of piperidine rings is 1. The first-order valence-electron chi connectivity index (χ1n) is 11.2. The predicted molar refractivity (Wildman–Crippen MR) is 130 cm³/mol. The Balaban J connectivity index is 1.63.